The second-order valence-corrected chi connectivity index (χ2v) is 5.01. The number of aromatic carboxylic acids is 1. The number of aryl methyl sites for hydroxylation is 1. The van der Waals surface area contributed by atoms with Crippen LogP contribution in [0, 0.1) is 26.2 Å². The summed E-state index contributed by atoms with van der Waals surface area (Å²) in [6, 6.07) is -0.420. The summed E-state index contributed by atoms with van der Waals surface area (Å²) in [6.45, 7) is 3.70. The van der Waals surface area contributed by atoms with Gasteiger partial charge in [0.1, 0.15) is 5.00 Å². The second kappa shape index (κ2) is 5.56. The molecule has 0 bridgehead atoms. The standard InChI is InChI=1S/C12H14N2O3S/c1-5-6-14(4)12(17)13-10-9(11(15)16)7(2)8(3)18-10/h1H,6H2,2-4H3,(H,13,17)(H,15,16). The zero-order valence-electron chi connectivity index (χ0n) is 10.4. The van der Waals surface area contributed by atoms with Crippen molar-refractivity contribution in [2.45, 2.75) is 13.8 Å². The van der Waals surface area contributed by atoms with Gasteiger partial charge in [-0.15, -0.1) is 17.8 Å². The highest BCUT2D eigenvalue weighted by Gasteiger charge is 2.21. The summed E-state index contributed by atoms with van der Waals surface area (Å²) in [4.78, 5) is 25.0. The van der Waals surface area contributed by atoms with Crippen LogP contribution in [0.1, 0.15) is 20.8 Å². The van der Waals surface area contributed by atoms with Gasteiger partial charge in [-0.05, 0) is 19.4 Å². The molecule has 0 radical (unpaired) electrons. The lowest BCUT2D eigenvalue weighted by atomic mass is 10.1. The van der Waals surface area contributed by atoms with Crippen molar-refractivity contribution in [3.8, 4) is 12.3 Å². The monoisotopic (exact) mass is 266 g/mol. The molecule has 0 saturated heterocycles. The van der Waals surface area contributed by atoms with Crippen LogP contribution in [-0.2, 0) is 0 Å². The number of hydrogen-bond donors (Lipinski definition) is 2. The Morgan fingerprint density at radius 2 is 2.11 bits per heavy atom. The number of carboxylic acids is 1. The molecule has 0 spiro atoms. The number of nitrogens with zero attached hydrogens (tertiary/aromatic N) is 1. The number of carbonyl (C=O) groups excluding carboxylic acids is 1. The van der Waals surface area contributed by atoms with Gasteiger partial charge in [-0.25, -0.2) is 9.59 Å². The van der Waals surface area contributed by atoms with Crippen LogP contribution in [0.5, 0.6) is 0 Å². The normalized spacial score (nSPS) is 9.67. The van der Waals surface area contributed by atoms with E-state index in [0.717, 1.165) is 4.88 Å². The van der Waals surface area contributed by atoms with E-state index in [9.17, 15) is 9.59 Å². The van der Waals surface area contributed by atoms with Crippen molar-refractivity contribution < 1.29 is 14.7 Å². The van der Waals surface area contributed by atoms with Gasteiger partial charge >= 0.3 is 12.0 Å². The lowest BCUT2D eigenvalue weighted by Gasteiger charge is -2.14. The number of anilines is 1. The van der Waals surface area contributed by atoms with Gasteiger partial charge in [0.2, 0.25) is 0 Å². The van der Waals surface area contributed by atoms with Crippen molar-refractivity contribution in [2.75, 3.05) is 18.9 Å². The fourth-order valence-corrected chi connectivity index (χ4v) is 2.42. The number of thiophene rings is 1. The second-order valence-electron chi connectivity index (χ2n) is 3.78. The molecule has 6 heteroatoms. The Morgan fingerprint density at radius 1 is 1.50 bits per heavy atom. The zero-order valence-corrected chi connectivity index (χ0v) is 11.2. The Kier molecular flexibility index (Phi) is 4.34. The number of urea groups is 1. The summed E-state index contributed by atoms with van der Waals surface area (Å²) in [5.74, 6) is 1.29. The number of hydrogen-bond acceptors (Lipinski definition) is 3. The zero-order chi connectivity index (χ0) is 13.9. The average molecular weight is 266 g/mol. The molecule has 0 aliphatic carbocycles. The van der Waals surface area contributed by atoms with E-state index in [1.165, 1.54) is 16.2 Å². The van der Waals surface area contributed by atoms with Gasteiger partial charge in [0.15, 0.2) is 0 Å². The van der Waals surface area contributed by atoms with E-state index < -0.39 is 12.0 Å². The highest BCUT2D eigenvalue weighted by molar-refractivity contribution is 7.16. The lowest BCUT2D eigenvalue weighted by molar-refractivity contribution is 0.0697. The number of amides is 2. The van der Waals surface area contributed by atoms with Crippen molar-refractivity contribution in [3.63, 3.8) is 0 Å². The fraction of sp³-hybridized carbons (Fsp3) is 0.333. The van der Waals surface area contributed by atoms with E-state index in [1.807, 2.05) is 6.92 Å². The molecule has 0 atom stereocenters. The predicted octanol–water partition coefficient (Wildman–Crippen LogP) is 2.16. The molecule has 96 valence electrons. The Morgan fingerprint density at radius 3 is 2.61 bits per heavy atom. The molecule has 1 rings (SSSR count). The summed E-state index contributed by atoms with van der Waals surface area (Å²) < 4.78 is 0. The van der Waals surface area contributed by atoms with E-state index in [0.29, 0.717) is 10.6 Å². The summed E-state index contributed by atoms with van der Waals surface area (Å²) in [6.07, 6.45) is 5.10. The minimum Gasteiger partial charge on any atom is -0.478 e. The van der Waals surface area contributed by atoms with Gasteiger partial charge in [-0.1, -0.05) is 5.92 Å². The van der Waals surface area contributed by atoms with Crippen molar-refractivity contribution in [1.82, 2.24) is 4.90 Å². The van der Waals surface area contributed by atoms with E-state index in [1.54, 1.807) is 14.0 Å². The SMILES string of the molecule is C#CCN(C)C(=O)Nc1sc(C)c(C)c1C(=O)O. The molecule has 0 fully saturated rings. The van der Waals surface area contributed by atoms with Crippen LogP contribution in [0.2, 0.25) is 0 Å². The maximum atomic E-state index is 11.7. The van der Waals surface area contributed by atoms with Crippen molar-refractivity contribution >= 4 is 28.3 Å². The molecule has 1 aromatic heterocycles. The Bertz CT molecular complexity index is 528. The molecular formula is C12H14N2O3S. The highest BCUT2D eigenvalue weighted by Crippen LogP contribution is 2.32. The molecule has 0 aliphatic heterocycles. The topological polar surface area (TPSA) is 69.6 Å². The molecule has 2 N–H and O–H groups in total. The summed E-state index contributed by atoms with van der Waals surface area (Å²) >= 11 is 1.24. The van der Waals surface area contributed by atoms with Crippen molar-refractivity contribution in [3.05, 3.63) is 16.0 Å². The van der Waals surface area contributed by atoms with Gasteiger partial charge in [0.05, 0.1) is 12.1 Å². The molecule has 0 saturated carbocycles. The number of terminal acetylenes is 1. The minimum atomic E-state index is -1.05. The van der Waals surface area contributed by atoms with Crippen molar-refractivity contribution in [1.29, 1.82) is 0 Å². The third kappa shape index (κ3) is 2.81. The van der Waals surface area contributed by atoms with Crippen molar-refractivity contribution in [2.24, 2.45) is 0 Å². The molecule has 1 heterocycles. The predicted molar refractivity (Wildman–Crippen MR) is 71.2 cm³/mol. The quantitative estimate of drug-likeness (QED) is 0.824. The smallest absolute Gasteiger partial charge is 0.338 e. The maximum Gasteiger partial charge on any atom is 0.338 e. The van der Waals surface area contributed by atoms with Crippen LogP contribution >= 0.6 is 11.3 Å². The van der Waals surface area contributed by atoms with E-state index in [4.69, 9.17) is 11.5 Å². The minimum absolute atomic E-state index is 0.139. The molecule has 18 heavy (non-hydrogen) atoms. The lowest BCUT2D eigenvalue weighted by Crippen LogP contribution is -2.31. The summed E-state index contributed by atoms with van der Waals surface area (Å²) in [5.41, 5.74) is 0.808. The van der Waals surface area contributed by atoms with Crippen LogP contribution in [0.4, 0.5) is 9.80 Å². The number of carbonyl (C=O) groups is 2. The Balaban J connectivity index is 2.99. The first-order valence-electron chi connectivity index (χ1n) is 5.17. The first-order chi connectivity index (χ1) is 8.38. The van der Waals surface area contributed by atoms with Gasteiger partial charge < -0.3 is 10.0 Å². The number of rotatable bonds is 3. The first-order valence-corrected chi connectivity index (χ1v) is 5.99. The van der Waals surface area contributed by atoms with Crippen LogP contribution in [-0.4, -0.2) is 35.6 Å². The third-order valence-electron chi connectivity index (χ3n) is 2.49. The van der Waals surface area contributed by atoms with Crippen LogP contribution in [0.25, 0.3) is 0 Å². The first kappa shape index (κ1) is 14.1. The number of nitrogens with one attached hydrogen (secondary N) is 1. The molecule has 0 aromatic carbocycles. The Labute approximate surface area is 109 Å². The molecule has 0 unspecified atom stereocenters. The van der Waals surface area contributed by atoms with Crippen LogP contribution < -0.4 is 5.32 Å². The van der Waals surface area contributed by atoms with Crippen LogP contribution in [0.3, 0.4) is 0 Å². The maximum absolute atomic E-state index is 11.7. The van der Waals surface area contributed by atoms with E-state index >= 15 is 0 Å². The molecule has 0 aliphatic rings. The van der Waals surface area contributed by atoms with Gasteiger partial charge in [-0.2, -0.15) is 0 Å². The highest BCUT2D eigenvalue weighted by atomic mass is 32.1. The Hall–Kier alpha value is -2.00. The molecule has 5 nitrogen and oxygen atoms in total. The average Bonchev–Trinajstić information content (AvgIpc) is 2.54. The van der Waals surface area contributed by atoms with Gasteiger partial charge in [0.25, 0.3) is 0 Å². The van der Waals surface area contributed by atoms with E-state index in [-0.39, 0.29) is 12.1 Å². The molecule has 1 aromatic rings. The number of carboxylic acid groups (broad SMARTS) is 1. The van der Waals surface area contributed by atoms with Crippen LogP contribution in [0.15, 0.2) is 0 Å². The third-order valence-corrected chi connectivity index (χ3v) is 3.62. The molecule has 2 amide bonds. The summed E-state index contributed by atoms with van der Waals surface area (Å²) in [5, 5.41) is 12.0. The fourth-order valence-electron chi connectivity index (χ4n) is 1.37. The van der Waals surface area contributed by atoms with Gasteiger partial charge in [0, 0.05) is 11.9 Å². The largest absolute Gasteiger partial charge is 0.478 e. The molecular weight excluding hydrogens is 252 g/mol. The van der Waals surface area contributed by atoms with E-state index in [2.05, 4.69) is 11.2 Å². The van der Waals surface area contributed by atoms with Gasteiger partial charge in [-0.3, -0.25) is 5.32 Å². The summed E-state index contributed by atoms with van der Waals surface area (Å²) in [7, 11) is 1.54.